The molecule has 2 rings (SSSR count). The molecule has 1 N–H and O–H groups in total. The minimum absolute atomic E-state index is 0.111. The van der Waals surface area contributed by atoms with E-state index in [0.717, 1.165) is 26.2 Å². The largest absolute Gasteiger partial charge is 0.350 e. The molecule has 1 heterocycles. The van der Waals surface area contributed by atoms with Crippen LogP contribution in [0.25, 0.3) is 0 Å². The fourth-order valence-electron chi connectivity index (χ4n) is 2.66. The fourth-order valence-corrected chi connectivity index (χ4v) is 2.66. The first kappa shape index (κ1) is 16.9. The van der Waals surface area contributed by atoms with E-state index < -0.39 is 0 Å². The van der Waals surface area contributed by atoms with E-state index in [9.17, 15) is 9.18 Å². The molecule has 1 aliphatic heterocycles. The van der Waals surface area contributed by atoms with E-state index in [0.29, 0.717) is 17.7 Å². The quantitative estimate of drug-likeness (QED) is 0.923. The summed E-state index contributed by atoms with van der Waals surface area (Å²) in [5, 5.41) is 2.93. The van der Waals surface area contributed by atoms with Crippen LogP contribution in [0.3, 0.4) is 0 Å². The summed E-state index contributed by atoms with van der Waals surface area (Å²) in [7, 11) is 2.12. The first-order valence-corrected chi connectivity index (χ1v) is 7.77. The van der Waals surface area contributed by atoms with Crippen molar-refractivity contribution in [2.45, 2.75) is 26.3 Å². The number of aryl methyl sites for hydroxylation is 1. The predicted molar refractivity (Wildman–Crippen MR) is 86.6 cm³/mol. The van der Waals surface area contributed by atoms with Gasteiger partial charge in [0.2, 0.25) is 0 Å². The molecule has 1 fully saturated rings. The van der Waals surface area contributed by atoms with Crippen LogP contribution in [0.1, 0.15) is 29.8 Å². The van der Waals surface area contributed by atoms with E-state index in [1.165, 1.54) is 6.07 Å². The van der Waals surface area contributed by atoms with Gasteiger partial charge >= 0.3 is 0 Å². The summed E-state index contributed by atoms with van der Waals surface area (Å²) in [6.07, 6.45) is 0. The van der Waals surface area contributed by atoms with Gasteiger partial charge in [-0.3, -0.25) is 9.69 Å². The van der Waals surface area contributed by atoms with Gasteiger partial charge in [0, 0.05) is 43.8 Å². The summed E-state index contributed by atoms with van der Waals surface area (Å²) in [5.41, 5.74) is 0.812. The van der Waals surface area contributed by atoms with E-state index in [1.807, 2.05) is 0 Å². The number of likely N-dealkylation sites (N-methyl/N-ethyl adjacent to an activating group) is 1. The number of nitrogens with one attached hydrogen (secondary N) is 1. The fraction of sp³-hybridized carbons (Fsp3) is 0.588. The Hall–Kier alpha value is -1.46. The average molecular weight is 307 g/mol. The summed E-state index contributed by atoms with van der Waals surface area (Å²) >= 11 is 0. The van der Waals surface area contributed by atoms with Gasteiger partial charge in [-0.05, 0) is 45.5 Å². The molecule has 0 unspecified atom stereocenters. The van der Waals surface area contributed by atoms with Crippen LogP contribution in [0.15, 0.2) is 18.2 Å². The van der Waals surface area contributed by atoms with Crippen molar-refractivity contribution in [2.75, 3.05) is 39.8 Å². The number of rotatable bonds is 4. The number of hydrogen-bond acceptors (Lipinski definition) is 3. The van der Waals surface area contributed by atoms with Crippen LogP contribution in [-0.4, -0.2) is 61.0 Å². The normalized spacial score (nSPS) is 17.5. The molecule has 0 atom stereocenters. The Morgan fingerprint density at radius 1 is 1.27 bits per heavy atom. The molecule has 0 aliphatic carbocycles. The van der Waals surface area contributed by atoms with E-state index in [1.54, 1.807) is 19.1 Å². The number of piperazine rings is 1. The zero-order valence-corrected chi connectivity index (χ0v) is 13.9. The van der Waals surface area contributed by atoms with Gasteiger partial charge in [-0.15, -0.1) is 0 Å². The number of hydrogen-bond donors (Lipinski definition) is 1. The molecule has 0 saturated carbocycles. The van der Waals surface area contributed by atoms with Crippen molar-refractivity contribution in [2.24, 2.45) is 0 Å². The molecule has 5 heteroatoms. The zero-order chi connectivity index (χ0) is 16.3. The summed E-state index contributed by atoms with van der Waals surface area (Å²) in [6.45, 7) is 10.6. The zero-order valence-electron chi connectivity index (χ0n) is 13.9. The van der Waals surface area contributed by atoms with Crippen LogP contribution < -0.4 is 5.32 Å². The third-order valence-electron chi connectivity index (χ3n) is 4.47. The van der Waals surface area contributed by atoms with Crippen molar-refractivity contribution in [1.29, 1.82) is 0 Å². The van der Waals surface area contributed by atoms with Gasteiger partial charge in [0.05, 0.1) is 0 Å². The second-order valence-electron chi connectivity index (χ2n) is 6.75. The van der Waals surface area contributed by atoms with Crippen molar-refractivity contribution in [3.8, 4) is 0 Å². The second-order valence-corrected chi connectivity index (χ2v) is 6.75. The van der Waals surface area contributed by atoms with E-state index >= 15 is 0 Å². The summed E-state index contributed by atoms with van der Waals surface area (Å²) < 4.78 is 13.5. The number of benzene rings is 1. The maximum Gasteiger partial charge on any atom is 0.251 e. The Balaban J connectivity index is 1.93. The summed E-state index contributed by atoms with van der Waals surface area (Å²) in [4.78, 5) is 16.9. The minimum atomic E-state index is -0.342. The first-order chi connectivity index (χ1) is 10.3. The molecule has 0 spiro atoms. The minimum Gasteiger partial charge on any atom is -0.350 e. The van der Waals surface area contributed by atoms with Gasteiger partial charge in [0.15, 0.2) is 0 Å². The topological polar surface area (TPSA) is 35.6 Å². The van der Waals surface area contributed by atoms with Gasteiger partial charge < -0.3 is 10.2 Å². The van der Waals surface area contributed by atoms with Gasteiger partial charge in [-0.2, -0.15) is 0 Å². The van der Waals surface area contributed by atoms with E-state index in [2.05, 4.69) is 36.0 Å². The molecule has 1 aliphatic rings. The SMILES string of the molecule is Cc1ccc(C(=O)NCC(C)(C)N2CCN(C)CC2)cc1F. The van der Waals surface area contributed by atoms with Crippen molar-refractivity contribution in [1.82, 2.24) is 15.1 Å². The Morgan fingerprint density at radius 3 is 2.50 bits per heavy atom. The van der Waals surface area contributed by atoms with Gasteiger partial charge in [-0.25, -0.2) is 4.39 Å². The molecule has 22 heavy (non-hydrogen) atoms. The molecule has 122 valence electrons. The third kappa shape index (κ3) is 4.05. The highest BCUT2D eigenvalue weighted by Gasteiger charge is 2.29. The summed E-state index contributed by atoms with van der Waals surface area (Å²) in [5.74, 6) is -0.563. The molecular weight excluding hydrogens is 281 g/mol. The van der Waals surface area contributed by atoms with Gasteiger partial charge in [-0.1, -0.05) is 6.07 Å². The lowest BCUT2D eigenvalue weighted by molar-refractivity contribution is 0.0588. The number of carbonyl (C=O) groups excluding carboxylic acids is 1. The summed E-state index contributed by atoms with van der Waals surface area (Å²) in [6, 6.07) is 4.60. The monoisotopic (exact) mass is 307 g/mol. The molecule has 4 nitrogen and oxygen atoms in total. The Kier molecular flexibility index (Phi) is 5.19. The van der Waals surface area contributed by atoms with Crippen molar-refractivity contribution < 1.29 is 9.18 Å². The number of nitrogens with zero attached hydrogens (tertiary/aromatic N) is 2. The first-order valence-electron chi connectivity index (χ1n) is 7.77. The standard InChI is InChI=1S/C17H26FN3O/c1-13-5-6-14(11-15(13)18)16(22)19-12-17(2,3)21-9-7-20(4)8-10-21/h5-6,11H,7-10,12H2,1-4H3,(H,19,22). The molecular formula is C17H26FN3O. The Morgan fingerprint density at radius 2 is 1.91 bits per heavy atom. The van der Waals surface area contributed by atoms with E-state index in [-0.39, 0.29) is 17.3 Å². The molecule has 0 bridgehead atoms. The predicted octanol–water partition coefficient (Wildman–Crippen LogP) is 1.89. The highest BCUT2D eigenvalue weighted by molar-refractivity contribution is 5.94. The highest BCUT2D eigenvalue weighted by atomic mass is 19.1. The number of halogens is 1. The van der Waals surface area contributed by atoms with Crippen LogP contribution in [0.4, 0.5) is 4.39 Å². The van der Waals surface area contributed by atoms with Crippen molar-refractivity contribution >= 4 is 5.91 Å². The third-order valence-corrected chi connectivity index (χ3v) is 4.47. The lowest BCUT2D eigenvalue weighted by Crippen LogP contribution is -2.57. The van der Waals surface area contributed by atoms with Crippen LogP contribution in [0.2, 0.25) is 0 Å². The van der Waals surface area contributed by atoms with Crippen molar-refractivity contribution in [3.63, 3.8) is 0 Å². The Bertz CT molecular complexity index is 537. The second kappa shape index (κ2) is 6.75. The lowest BCUT2D eigenvalue weighted by Gasteiger charge is -2.43. The molecule has 0 aromatic heterocycles. The number of amides is 1. The molecule has 1 saturated heterocycles. The van der Waals surface area contributed by atoms with Crippen LogP contribution in [0.5, 0.6) is 0 Å². The average Bonchev–Trinajstić information content (AvgIpc) is 2.48. The highest BCUT2D eigenvalue weighted by Crippen LogP contribution is 2.16. The van der Waals surface area contributed by atoms with Gasteiger partial charge in [0.1, 0.15) is 5.82 Å². The molecule has 1 aromatic carbocycles. The van der Waals surface area contributed by atoms with E-state index in [4.69, 9.17) is 0 Å². The lowest BCUT2D eigenvalue weighted by atomic mass is 10.0. The molecule has 1 amide bonds. The Labute approximate surface area is 132 Å². The van der Waals surface area contributed by atoms with Crippen molar-refractivity contribution in [3.05, 3.63) is 35.1 Å². The van der Waals surface area contributed by atoms with Crippen LogP contribution >= 0.6 is 0 Å². The molecule has 0 radical (unpaired) electrons. The maximum absolute atomic E-state index is 13.5. The number of carbonyl (C=O) groups is 1. The van der Waals surface area contributed by atoms with Crippen LogP contribution in [-0.2, 0) is 0 Å². The maximum atomic E-state index is 13.5. The smallest absolute Gasteiger partial charge is 0.251 e. The molecule has 1 aromatic rings. The van der Waals surface area contributed by atoms with Gasteiger partial charge in [0.25, 0.3) is 5.91 Å². The van der Waals surface area contributed by atoms with Crippen LogP contribution in [0, 0.1) is 12.7 Å².